The van der Waals surface area contributed by atoms with Crippen molar-refractivity contribution in [3.05, 3.63) is 0 Å². The molecule has 20 heavy (non-hydrogen) atoms. The lowest BCUT2D eigenvalue weighted by molar-refractivity contribution is -0.167. The zero-order valence-electron chi connectivity index (χ0n) is 13.1. The quantitative estimate of drug-likeness (QED) is 0.533. The molecule has 0 saturated carbocycles. The number of carboxylic acid groups (broad SMARTS) is 1. The molecule has 0 amide bonds. The molecule has 0 aromatic rings. The number of esters is 1. The minimum Gasteiger partial charge on any atom is -0.481 e. The van der Waals surface area contributed by atoms with E-state index in [1.54, 1.807) is 20.8 Å². The summed E-state index contributed by atoms with van der Waals surface area (Å²) in [6.07, 6.45) is 1.77. The second kappa shape index (κ2) is 8.65. The second-order valence-electron chi connectivity index (χ2n) is 6.55. The minimum absolute atomic E-state index is 0.227. The summed E-state index contributed by atoms with van der Waals surface area (Å²) in [6, 6.07) is 0. The molecule has 4 nitrogen and oxygen atoms in total. The zero-order chi connectivity index (χ0) is 15.9. The van der Waals surface area contributed by atoms with Crippen LogP contribution in [-0.4, -0.2) is 28.0 Å². The molecule has 5 heteroatoms. The van der Waals surface area contributed by atoms with Gasteiger partial charge in [0.2, 0.25) is 0 Å². The van der Waals surface area contributed by atoms with E-state index < -0.39 is 29.4 Å². The fourth-order valence-electron chi connectivity index (χ4n) is 2.10. The highest BCUT2D eigenvalue weighted by Crippen LogP contribution is 2.28. The predicted molar refractivity (Wildman–Crippen MR) is 82.9 cm³/mol. The molecule has 0 unspecified atom stereocenters. The molecular formula is C15H27BrO4. The molecule has 0 aliphatic heterocycles. The van der Waals surface area contributed by atoms with Crippen molar-refractivity contribution in [2.24, 2.45) is 17.8 Å². The molecule has 0 aliphatic rings. The Bertz CT molecular complexity index is 320. The van der Waals surface area contributed by atoms with Gasteiger partial charge >= 0.3 is 11.9 Å². The van der Waals surface area contributed by atoms with Crippen molar-refractivity contribution in [1.29, 1.82) is 0 Å². The second-order valence-corrected chi connectivity index (χ2v) is 7.34. The normalized spacial score (nSPS) is 14.9. The fraction of sp³-hybridized carbons (Fsp3) is 0.867. The maximum atomic E-state index is 12.3. The fourth-order valence-corrected chi connectivity index (χ4v) is 2.43. The lowest BCUT2D eigenvalue weighted by Crippen LogP contribution is -2.36. The number of ether oxygens (including phenoxy) is 1. The summed E-state index contributed by atoms with van der Waals surface area (Å²) in [6.45, 7) is 9.32. The van der Waals surface area contributed by atoms with Crippen molar-refractivity contribution < 1.29 is 19.4 Å². The van der Waals surface area contributed by atoms with Gasteiger partial charge in [-0.15, -0.1) is 0 Å². The Morgan fingerprint density at radius 1 is 1.20 bits per heavy atom. The van der Waals surface area contributed by atoms with E-state index in [0.717, 1.165) is 11.8 Å². The lowest BCUT2D eigenvalue weighted by Gasteiger charge is -2.28. The molecule has 0 spiro atoms. The Kier molecular flexibility index (Phi) is 8.40. The van der Waals surface area contributed by atoms with Gasteiger partial charge in [-0.25, -0.2) is 0 Å². The maximum absolute atomic E-state index is 12.3. The van der Waals surface area contributed by atoms with E-state index in [2.05, 4.69) is 15.9 Å². The number of hydrogen-bond acceptors (Lipinski definition) is 3. The highest BCUT2D eigenvalue weighted by Gasteiger charge is 2.36. The molecule has 0 rings (SSSR count). The molecule has 0 fully saturated rings. The van der Waals surface area contributed by atoms with Gasteiger partial charge in [0.05, 0.1) is 11.8 Å². The van der Waals surface area contributed by atoms with Crippen molar-refractivity contribution in [3.63, 3.8) is 0 Å². The highest BCUT2D eigenvalue weighted by molar-refractivity contribution is 9.09. The summed E-state index contributed by atoms with van der Waals surface area (Å²) in [5, 5.41) is 10.2. The van der Waals surface area contributed by atoms with Gasteiger partial charge in [-0.2, -0.15) is 0 Å². The summed E-state index contributed by atoms with van der Waals surface area (Å²) in [4.78, 5) is 23.8. The first-order chi connectivity index (χ1) is 9.08. The van der Waals surface area contributed by atoms with Gasteiger partial charge < -0.3 is 9.84 Å². The molecule has 0 aromatic carbocycles. The van der Waals surface area contributed by atoms with Crippen LogP contribution in [0.4, 0.5) is 0 Å². The Hall–Kier alpha value is -0.580. The number of rotatable bonds is 8. The van der Waals surface area contributed by atoms with Crippen LogP contribution in [0.2, 0.25) is 0 Å². The van der Waals surface area contributed by atoms with Crippen molar-refractivity contribution >= 4 is 27.9 Å². The van der Waals surface area contributed by atoms with Crippen LogP contribution in [0, 0.1) is 17.8 Å². The monoisotopic (exact) mass is 350 g/mol. The molecule has 1 N–H and O–H groups in total. The average molecular weight is 351 g/mol. The van der Waals surface area contributed by atoms with Gasteiger partial charge in [0.15, 0.2) is 0 Å². The lowest BCUT2D eigenvalue weighted by atomic mass is 9.82. The molecule has 118 valence electrons. The Labute approximate surface area is 130 Å². The minimum atomic E-state index is -0.913. The highest BCUT2D eigenvalue weighted by atomic mass is 79.9. The van der Waals surface area contributed by atoms with Crippen LogP contribution in [-0.2, 0) is 14.3 Å². The first kappa shape index (κ1) is 19.4. The third kappa shape index (κ3) is 7.88. The van der Waals surface area contributed by atoms with Crippen LogP contribution in [0.5, 0.6) is 0 Å². The van der Waals surface area contributed by atoms with Crippen LogP contribution in [0.25, 0.3) is 0 Å². The summed E-state index contributed by atoms with van der Waals surface area (Å²) < 4.78 is 5.39. The molecule has 2 atom stereocenters. The number of carboxylic acids is 1. The number of carbonyl (C=O) groups is 2. The first-order valence-corrected chi connectivity index (χ1v) is 8.22. The third-order valence-corrected chi connectivity index (χ3v) is 3.45. The largest absolute Gasteiger partial charge is 0.481 e. The Morgan fingerprint density at radius 3 is 2.10 bits per heavy atom. The van der Waals surface area contributed by atoms with E-state index in [9.17, 15) is 14.7 Å². The molecular weight excluding hydrogens is 324 g/mol. The van der Waals surface area contributed by atoms with Crippen LogP contribution in [0.15, 0.2) is 0 Å². The number of halogens is 1. The van der Waals surface area contributed by atoms with Gasteiger partial charge in [-0.05, 0) is 46.0 Å². The van der Waals surface area contributed by atoms with E-state index in [-0.39, 0.29) is 5.92 Å². The van der Waals surface area contributed by atoms with E-state index >= 15 is 0 Å². The van der Waals surface area contributed by atoms with Crippen LogP contribution in [0.3, 0.4) is 0 Å². The number of aliphatic carboxylic acids is 1. The first-order valence-electron chi connectivity index (χ1n) is 7.10. The Balaban J connectivity index is 5.07. The van der Waals surface area contributed by atoms with Crippen molar-refractivity contribution in [1.82, 2.24) is 0 Å². The molecule has 0 heterocycles. The topological polar surface area (TPSA) is 63.6 Å². The van der Waals surface area contributed by atoms with E-state index in [1.807, 2.05) is 13.8 Å². The molecule has 0 bridgehead atoms. The number of hydrogen-bond donors (Lipinski definition) is 1. The van der Waals surface area contributed by atoms with E-state index in [0.29, 0.717) is 12.8 Å². The zero-order valence-corrected chi connectivity index (χ0v) is 14.7. The standard InChI is InChI=1S/C15H27BrO4/c1-10(2)9-12(13(17)18)11(7-6-8-16)14(19)20-15(3,4)5/h10-12H,6-9H2,1-5H3,(H,17,18)/t11-,12+/m0/s1. The van der Waals surface area contributed by atoms with Crippen molar-refractivity contribution in [2.45, 2.75) is 59.5 Å². The number of carbonyl (C=O) groups excluding carboxylic acids is 1. The summed E-state index contributed by atoms with van der Waals surface area (Å²) in [7, 11) is 0. The van der Waals surface area contributed by atoms with E-state index in [4.69, 9.17) is 4.74 Å². The van der Waals surface area contributed by atoms with Crippen molar-refractivity contribution in [3.8, 4) is 0 Å². The molecule has 0 saturated heterocycles. The van der Waals surface area contributed by atoms with Crippen LogP contribution >= 0.6 is 15.9 Å². The van der Waals surface area contributed by atoms with Gasteiger partial charge in [0.1, 0.15) is 5.60 Å². The smallest absolute Gasteiger partial charge is 0.310 e. The van der Waals surface area contributed by atoms with E-state index in [1.165, 1.54) is 0 Å². The maximum Gasteiger partial charge on any atom is 0.310 e. The Morgan fingerprint density at radius 2 is 1.75 bits per heavy atom. The number of alkyl halides is 1. The predicted octanol–water partition coefficient (Wildman–Crippen LogP) is 3.87. The summed E-state index contributed by atoms with van der Waals surface area (Å²) in [5.41, 5.74) is -0.593. The van der Waals surface area contributed by atoms with Gasteiger partial charge in [-0.1, -0.05) is 29.8 Å². The van der Waals surface area contributed by atoms with Gasteiger partial charge in [0.25, 0.3) is 0 Å². The third-order valence-electron chi connectivity index (χ3n) is 2.89. The molecule has 0 aromatic heterocycles. The van der Waals surface area contributed by atoms with Crippen LogP contribution in [0.1, 0.15) is 53.9 Å². The van der Waals surface area contributed by atoms with Crippen LogP contribution < -0.4 is 0 Å². The van der Waals surface area contributed by atoms with Gasteiger partial charge in [-0.3, -0.25) is 9.59 Å². The SMILES string of the molecule is CC(C)C[C@@H](C(=O)O)[C@H](CCCBr)C(=O)OC(C)(C)C. The summed E-state index contributed by atoms with van der Waals surface area (Å²) >= 11 is 3.33. The van der Waals surface area contributed by atoms with Gasteiger partial charge in [0, 0.05) is 5.33 Å². The molecule has 0 radical (unpaired) electrons. The molecule has 0 aliphatic carbocycles. The summed E-state index contributed by atoms with van der Waals surface area (Å²) in [5.74, 6) is -2.34. The average Bonchev–Trinajstić information content (AvgIpc) is 2.24. The van der Waals surface area contributed by atoms with Crippen molar-refractivity contribution in [2.75, 3.05) is 5.33 Å².